The molecule has 1 saturated carbocycles. The Morgan fingerprint density at radius 3 is 1.64 bits per heavy atom. The molecule has 11 heavy (non-hydrogen) atoms. The van der Waals surface area contributed by atoms with Gasteiger partial charge in [0.15, 0.2) is 0 Å². The predicted molar refractivity (Wildman–Crippen MR) is 52.8 cm³/mol. The highest BCUT2D eigenvalue weighted by Crippen LogP contribution is 2.37. The zero-order valence-corrected chi connectivity index (χ0v) is 8.91. The van der Waals surface area contributed by atoms with Crippen LogP contribution in [-0.2, 0) is 0 Å². The lowest BCUT2D eigenvalue weighted by Crippen LogP contribution is -2.19. The van der Waals surface area contributed by atoms with E-state index in [1.54, 1.807) is 0 Å². The zero-order valence-electron chi connectivity index (χ0n) is 8.91. The molecule has 0 heterocycles. The summed E-state index contributed by atoms with van der Waals surface area (Å²) in [5.74, 6) is 0.998. The second-order valence-electron chi connectivity index (χ2n) is 4.35. The van der Waals surface area contributed by atoms with Gasteiger partial charge in [-0.25, -0.2) is 0 Å². The van der Waals surface area contributed by atoms with E-state index in [9.17, 15) is 0 Å². The third kappa shape index (κ3) is 4.44. The van der Waals surface area contributed by atoms with Crippen LogP contribution < -0.4 is 0 Å². The highest BCUT2D eigenvalue weighted by atomic mass is 14.3. The summed E-state index contributed by atoms with van der Waals surface area (Å²) >= 11 is 0. The third-order valence-corrected chi connectivity index (χ3v) is 2.63. The van der Waals surface area contributed by atoms with Gasteiger partial charge in [-0.05, 0) is 24.2 Å². The molecule has 0 aromatic heterocycles. The second-order valence-corrected chi connectivity index (χ2v) is 4.35. The number of rotatable bonds is 0. The molecule has 0 aliphatic heterocycles. The Balaban J connectivity index is 0.000000461. The standard InChI is InChI=1S/C9H18.C2H6/c1-8-4-6-9(2,3)7-5-8;1-2/h8H,4-7H2,1-3H3;1-2H3. The quantitative estimate of drug-likeness (QED) is 0.492. The van der Waals surface area contributed by atoms with Gasteiger partial charge < -0.3 is 0 Å². The maximum atomic E-state index is 2.39. The van der Waals surface area contributed by atoms with Crippen LogP contribution in [0.15, 0.2) is 0 Å². The summed E-state index contributed by atoms with van der Waals surface area (Å²) in [5, 5.41) is 0. The van der Waals surface area contributed by atoms with E-state index in [4.69, 9.17) is 0 Å². The van der Waals surface area contributed by atoms with E-state index in [1.165, 1.54) is 25.7 Å². The van der Waals surface area contributed by atoms with Crippen LogP contribution >= 0.6 is 0 Å². The van der Waals surface area contributed by atoms with Gasteiger partial charge in [0.2, 0.25) is 0 Å². The SMILES string of the molecule is CC.CC1CCC(C)(C)CC1. The zero-order chi connectivity index (χ0) is 8.91. The molecule has 0 nitrogen and oxygen atoms in total. The van der Waals surface area contributed by atoms with Crippen molar-refractivity contribution in [3.05, 3.63) is 0 Å². The van der Waals surface area contributed by atoms with E-state index in [0.29, 0.717) is 5.41 Å². The van der Waals surface area contributed by atoms with Crippen molar-refractivity contribution < 1.29 is 0 Å². The van der Waals surface area contributed by atoms with Gasteiger partial charge in [0.25, 0.3) is 0 Å². The summed E-state index contributed by atoms with van der Waals surface area (Å²) in [5.41, 5.74) is 0.659. The molecule has 1 rings (SSSR count). The first-order valence-electron chi connectivity index (χ1n) is 5.10. The molecule has 0 heteroatoms. The van der Waals surface area contributed by atoms with Crippen molar-refractivity contribution in [3.63, 3.8) is 0 Å². The topological polar surface area (TPSA) is 0 Å². The minimum atomic E-state index is 0.659. The minimum Gasteiger partial charge on any atom is -0.0683 e. The van der Waals surface area contributed by atoms with Gasteiger partial charge in [-0.1, -0.05) is 47.5 Å². The molecule has 0 saturated heterocycles. The molecular formula is C11H24. The Bertz CT molecular complexity index is 82.2. The summed E-state index contributed by atoms with van der Waals surface area (Å²) in [4.78, 5) is 0. The van der Waals surface area contributed by atoms with E-state index in [2.05, 4.69) is 20.8 Å². The van der Waals surface area contributed by atoms with Gasteiger partial charge in [-0.2, -0.15) is 0 Å². The van der Waals surface area contributed by atoms with Crippen molar-refractivity contribution >= 4 is 0 Å². The monoisotopic (exact) mass is 156 g/mol. The Morgan fingerprint density at radius 2 is 1.36 bits per heavy atom. The van der Waals surface area contributed by atoms with Crippen LogP contribution in [0.5, 0.6) is 0 Å². The van der Waals surface area contributed by atoms with Gasteiger partial charge in [-0.3, -0.25) is 0 Å². The second kappa shape index (κ2) is 4.79. The summed E-state index contributed by atoms with van der Waals surface area (Å²) in [6.07, 6.45) is 5.78. The van der Waals surface area contributed by atoms with Crippen molar-refractivity contribution in [1.82, 2.24) is 0 Å². The van der Waals surface area contributed by atoms with Crippen molar-refractivity contribution in [3.8, 4) is 0 Å². The number of hydrogen-bond donors (Lipinski definition) is 0. The lowest BCUT2D eigenvalue weighted by molar-refractivity contribution is 0.201. The maximum absolute atomic E-state index is 2.39. The summed E-state index contributed by atoms with van der Waals surface area (Å²) in [7, 11) is 0. The maximum Gasteiger partial charge on any atom is -0.0354 e. The van der Waals surface area contributed by atoms with Gasteiger partial charge in [-0.15, -0.1) is 0 Å². The molecule has 0 aromatic carbocycles. The molecule has 1 fully saturated rings. The largest absolute Gasteiger partial charge is 0.0683 e. The lowest BCUT2D eigenvalue weighted by Gasteiger charge is -2.32. The van der Waals surface area contributed by atoms with E-state index in [1.807, 2.05) is 13.8 Å². The highest BCUT2D eigenvalue weighted by Gasteiger charge is 2.23. The molecule has 1 aliphatic rings. The summed E-state index contributed by atoms with van der Waals surface area (Å²) < 4.78 is 0. The van der Waals surface area contributed by atoms with Gasteiger partial charge in [0.1, 0.15) is 0 Å². The van der Waals surface area contributed by atoms with E-state index in [0.717, 1.165) is 5.92 Å². The third-order valence-electron chi connectivity index (χ3n) is 2.63. The molecule has 0 radical (unpaired) electrons. The van der Waals surface area contributed by atoms with Crippen LogP contribution in [0.4, 0.5) is 0 Å². The van der Waals surface area contributed by atoms with Crippen LogP contribution in [0.2, 0.25) is 0 Å². The van der Waals surface area contributed by atoms with Crippen LogP contribution in [0.3, 0.4) is 0 Å². The van der Waals surface area contributed by atoms with E-state index >= 15 is 0 Å². The minimum absolute atomic E-state index is 0.659. The molecule has 0 N–H and O–H groups in total. The Labute approximate surface area is 72.4 Å². The Hall–Kier alpha value is 0. The Kier molecular flexibility index (Phi) is 4.79. The summed E-state index contributed by atoms with van der Waals surface area (Å²) in [6, 6.07) is 0. The fourth-order valence-electron chi connectivity index (χ4n) is 1.54. The molecule has 0 bridgehead atoms. The summed E-state index contributed by atoms with van der Waals surface area (Å²) in [6.45, 7) is 11.1. The predicted octanol–water partition coefficient (Wildman–Crippen LogP) is 4.25. The van der Waals surface area contributed by atoms with Crippen LogP contribution in [-0.4, -0.2) is 0 Å². The number of hydrogen-bond acceptors (Lipinski definition) is 0. The van der Waals surface area contributed by atoms with Crippen molar-refractivity contribution in [2.75, 3.05) is 0 Å². The average Bonchev–Trinajstić information content (AvgIpc) is 2.00. The van der Waals surface area contributed by atoms with Crippen molar-refractivity contribution in [2.45, 2.75) is 60.3 Å². The fraction of sp³-hybridized carbons (Fsp3) is 1.00. The first-order valence-corrected chi connectivity index (χ1v) is 5.10. The molecule has 0 unspecified atom stereocenters. The van der Waals surface area contributed by atoms with E-state index in [-0.39, 0.29) is 0 Å². The first kappa shape index (κ1) is 11.0. The first-order chi connectivity index (χ1) is 5.10. The van der Waals surface area contributed by atoms with Crippen LogP contribution in [0.1, 0.15) is 60.3 Å². The van der Waals surface area contributed by atoms with Gasteiger partial charge >= 0.3 is 0 Å². The molecule has 0 aromatic rings. The lowest BCUT2D eigenvalue weighted by atomic mass is 9.74. The Morgan fingerprint density at radius 1 is 1.00 bits per heavy atom. The molecule has 1 aliphatic carbocycles. The molecule has 68 valence electrons. The van der Waals surface area contributed by atoms with Crippen LogP contribution in [0, 0.1) is 11.3 Å². The van der Waals surface area contributed by atoms with E-state index < -0.39 is 0 Å². The van der Waals surface area contributed by atoms with Gasteiger partial charge in [0, 0.05) is 0 Å². The smallest absolute Gasteiger partial charge is 0.0354 e. The molecule has 0 spiro atoms. The highest BCUT2D eigenvalue weighted by molar-refractivity contribution is 4.76. The van der Waals surface area contributed by atoms with Crippen molar-refractivity contribution in [1.29, 1.82) is 0 Å². The molecule has 0 amide bonds. The van der Waals surface area contributed by atoms with Crippen LogP contribution in [0.25, 0.3) is 0 Å². The fourth-order valence-corrected chi connectivity index (χ4v) is 1.54. The average molecular weight is 156 g/mol. The van der Waals surface area contributed by atoms with Gasteiger partial charge in [0.05, 0.1) is 0 Å². The normalized spacial score (nSPS) is 23.7. The molecule has 0 atom stereocenters. The molecular weight excluding hydrogens is 132 g/mol. The van der Waals surface area contributed by atoms with Crippen molar-refractivity contribution in [2.24, 2.45) is 11.3 Å².